The summed E-state index contributed by atoms with van der Waals surface area (Å²) >= 11 is 0. The first kappa shape index (κ1) is 47.9. The van der Waals surface area contributed by atoms with E-state index in [9.17, 15) is 63.9 Å². The van der Waals surface area contributed by atoms with Crippen LogP contribution in [0.1, 0.15) is 44.6 Å². The Balaban J connectivity index is 2.38. The van der Waals surface area contributed by atoms with Gasteiger partial charge in [0.15, 0.2) is 0 Å². The Labute approximate surface area is 329 Å². The molecule has 0 aromatic heterocycles. The number of amides is 7. The van der Waals surface area contributed by atoms with Crippen molar-refractivity contribution in [2.24, 2.45) is 0 Å². The Hall–Kier alpha value is -5.22. The number of benzene rings is 1. The van der Waals surface area contributed by atoms with Crippen LogP contribution in [0.25, 0.3) is 0 Å². The molecule has 1 unspecified atom stereocenters. The van der Waals surface area contributed by atoms with Gasteiger partial charge in [-0.3, -0.25) is 33.6 Å². The predicted molar refractivity (Wildman–Crippen MR) is 201 cm³/mol. The maximum atomic E-state index is 13.9. The molecule has 0 aliphatic carbocycles. The van der Waals surface area contributed by atoms with Gasteiger partial charge in [-0.25, -0.2) is 4.79 Å². The highest BCUT2D eigenvalue weighted by Gasteiger charge is 2.39. The van der Waals surface area contributed by atoms with Crippen LogP contribution in [-0.4, -0.2) is 179 Å². The van der Waals surface area contributed by atoms with Crippen molar-refractivity contribution in [1.29, 1.82) is 0 Å². The number of nitrogens with one attached hydrogen (secondary N) is 6. The standard InChI is InChI=1S/C36H56N8O13/c1-20(48)29-33(53)42-26(18-46)31(51)39-22(34(54)43(3)27(19-47)32(52)41-24(36(56)57)16-21-10-6-5-7-11-21)12-8-9-15-38-28(49)14-13-23(35(55)44(29)4)40-30(50)25(17-45)37-2/h5-7,10-11,20,22-27,29,37,45-48H,8-9,12-19H2,1-4H3,(H,38,49)(H,39,51)(H,40,50)(H,41,52)(H,42,53)(H,56,57)/t20?,22-,23-,24-,25-,26-,27-,29-/m0/s1. The molecule has 8 atom stereocenters. The Morgan fingerprint density at radius 1 is 0.930 bits per heavy atom. The van der Waals surface area contributed by atoms with Crippen molar-refractivity contribution < 1.29 is 63.9 Å². The van der Waals surface area contributed by atoms with Crippen molar-refractivity contribution in [3.63, 3.8) is 0 Å². The fourth-order valence-electron chi connectivity index (χ4n) is 6.08. The summed E-state index contributed by atoms with van der Waals surface area (Å²) in [6.07, 6.45) is -1.84. The topological polar surface area (TPSA) is 316 Å². The number of nitrogens with zero attached hydrogens (tertiary/aromatic N) is 2. The average molecular weight is 809 g/mol. The summed E-state index contributed by atoms with van der Waals surface area (Å²) in [6.45, 7) is -1.29. The molecule has 1 aromatic rings. The van der Waals surface area contributed by atoms with Crippen molar-refractivity contribution in [1.82, 2.24) is 41.7 Å². The molecule has 1 aliphatic rings. The highest BCUT2D eigenvalue weighted by Crippen LogP contribution is 2.13. The van der Waals surface area contributed by atoms with E-state index >= 15 is 0 Å². The molecule has 21 nitrogen and oxygen atoms in total. The van der Waals surface area contributed by atoms with Gasteiger partial charge in [0.1, 0.15) is 42.3 Å². The number of carbonyl (C=O) groups excluding carboxylic acids is 7. The molecule has 2 rings (SSSR count). The number of aliphatic carboxylic acids is 1. The zero-order chi connectivity index (χ0) is 42.8. The largest absolute Gasteiger partial charge is 0.480 e. The van der Waals surface area contributed by atoms with Gasteiger partial charge in [0.25, 0.3) is 0 Å². The van der Waals surface area contributed by atoms with E-state index < -0.39 is 116 Å². The van der Waals surface area contributed by atoms with E-state index in [4.69, 9.17) is 0 Å². The first-order valence-electron chi connectivity index (χ1n) is 18.5. The van der Waals surface area contributed by atoms with Gasteiger partial charge in [-0.05, 0) is 45.2 Å². The lowest BCUT2D eigenvalue weighted by Crippen LogP contribution is -2.62. The van der Waals surface area contributed by atoms with Crippen molar-refractivity contribution in [3.05, 3.63) is 35.9 Å². The Morgan fingerprint density at radius 2 is 1.60 bits per heavy atom. The Morgan fingerprint density at radius 3 is 2.16 bits per heavy atom. The molecular weight excluding hydrogens is 752 g/mol. The minimum Gasteiger partial charge on any atom is -0.480 e. The number of carbonyl (C=O) groups is 8. The first-order valence-corrected chi connectivity index (χ1v) is 18.5. The molecule has 0 bridgehead atoms. The molecule has 1 aromatic carbocycles. The van der Waals surface area contributed by atoms with E-state index in [2.05, 4.69) is 31.9 Å². The zero-order valence-corrected chi connectivity index (χ0v) is 32.5. The number of aliphatic hydroxyl groups is 4. The second-order valence-electron chi connectivity index (χ2n) is 13.6. The van der Waals surface area contributed by atoms with Crippen molar-refractivity contribution in [2.45, 2.75) is 93.8 Å². The molecule has 0 radical (unpaired) electrons. The summed E-state index contributed by atoms with van der Waals surface area (Å²) in [5.41, 5.74) is 0.602. The minimum atomic E-state index is -1.73. The molecule has 0 saturated carbocycles. The van der Waals surface area contributed by atoms with Gasteiger partial charge in [0.05, 0.1) is 25.9 Å². The third kappa shape index (κ3) is 14.3. The number of rotatable bonds is 14. The van der Waals surface area contributed by atoms with Gasteiger partial charge < -0.3 is 67.2 Å². The van der Waals surface area contributed by atoms with Crippen molar-refractivity contribution >= 4 is 47.3 Å². The van der Waals surface area contributed by atoms with Crippen LogP contribution in [0, 0.1) is 0 Å². The lowest BCUT2D eigenvalue weighted by molar-refractivity contribution is -0.147. The van der Waals surface area contributed by atoms with Crippen LogP contribution in [0.3, 0.4) is 0 Å². The van der Waals surface area contributed by atoms with Gasteiger partial charge in [-0.2, -0.15) is 0 Å². The predicted octanol–water partition coefficient (Wildman–Crippen LogP) is -5.07. The molecule has 7 amide bonds. The highest BCUT2D eigenvalue weighted by atomic mass is 16.4. The summed E-state index contributed by atoms with van der Waals surface area (Å²) in [5.74, 6) is -7.63. The normalized spacial score (nSPS) is 22.6. The van der Waals surface area contributed by atoms with Crippen LogP contribution >= 0.6 is 0 Å². The second-order valence-corrected chi connectivity index (χ2v) is 13.6. The highest BCUT2D eigenvalue weighted by molar-refractivity contribution is 5.97. The van der Waals surface area contributed by atoms with Gasteiger partial charge in [0, 0.05) is 33.5 Å². The monoisotopic (exact) mass is 808 g/mol. The molecule has 1 aliphatic heterocycles. The third-order valence-corrected chi connectivity index (χ3v) is 9.47. The molecular formula is C36H56N8O13. The van der Waals surface area contributed by atoms with E-state index in [-0.39, 0.29) is 45.1 Å². The zero-order valence-electron chi connectivity index (χ0n) is 32.5. The first-order chi connectivity index (χ1) is 27.0. The van der Waals surface area contributed by atoms with Crippen molar-refractivity contribution in [3.8, 4) is 0 Å². The van der Waals surface area contributed by atoms with Gasteiger partial charge >= 0.3 is 5.97 Å². The summed E-state index contributed by atoms with van der Waals surface area (Å²) in [4.78, 5) is 107. The fraction of sp³-hybridized carbons (Fsp3) is 0.611. The lowest BCUT2D eigenvalue weighted by Gasteiger charge is -2.34. The van der Waals surface area contributed by atoms with Gasteiger partial charge in [0.2, 0.25) is 41.4 Å². The number of aliphatic hydroxyl groups excluding tert-OH is 4. The molecule has 0 spiro atoms. The van der Waals surface area contributed by atoms with E-state index in [1.165, 1.54) is 14.0 Å². The summed E-state index contributed by atoms with van der Waals surface area (Å²) in [5, 5.41) is 65.0. The van der Waals surface area contributed by atoms with Gasteiger partial charge in [-0.15, -0.1) is 0 Å². The third-order valence-electron chi connectivity index (χ3n) is 9.47. The SMILES string of the molecule is CN[C@@H](CO)C(=O)N[C@H]1CCC(=O)NCCCC[C@@H](C(=O)N(C)[C@@H](CO)C(=O)N[C@@H](Cc2ccccc2)C(=O)O)NC(=O)[C@H](CO)NC(=O)[C@H](C(C)O)N(C)C1=O. The van der Waals surface area contributed by atoms with E-state index in [0.29, 0.717) is 5.56 Å². The number of likely N-dealkylation sites (N-methyl/N-ethyl adjacent to an activating group) is 3. The van der Waals surface area contributed by atoms with Crippen LogP contribution in [0.4, 0.5) is 0 Å². The van der Waals surface area contributed by atoms with Crippen LogP contribution in [0.2, 0.25) is 0 Å². The quantitative estimate of drug-likeness (QED) is 0.0839. The van der Waals surface area contributed by atoms with E-state index in [0.717, 1.165) is 23.9 Å². The number of hydrogen-bond donors (Lipinski definition) is 11. The molecule has 1 saturated heterocycles. The Kier molecular flexibility index (Phi) is 20.0. The van der Waals surface area contributed by atoms with Crippen LogP contribution in [0.15, 0.2) is 30.3 Å². The van der Waals surface area contributed by atoms with Crippen LogP contribution < -0.4 is 31.9 Å². The summed E-state index contributed by atoms with van der Waals surface area (Å²) < 4.78 is 0. The maximum absolute atomic E-state index is 13.9. The summed E-state index contributed by atoms with van der Waals surface area (Å²) in [7, 11) is 3.71. The second kappa shape index (κ2) is 23.8. The summed E-state index contributed by atoms with van der Waals surface area (Å²) in [6, 6.07) is -1.94. The lowest BCUT2D eigenvalue weighted by atomic mass is 10.0. The number of carboxylic acid groups (broad SMARTS) is 1. The smallest absolute Gasteiger partial charge is 0.326 e. The van der Waals surface area contributed by atoms with E-state index in [1.807, 2.05) is 0 Å². The maximum Gasteiger partial charge on any atom is 0.326 e. The van der Waals surface area contributed by atoms with E-state index in [1.54, 1.807) is 30.3 Å². The van der Waals surface area contributed by atoms with Gasteiger partial charge in [-0.1, -0.05) is 30.3 Å². The molecule has 11 N–H and O–H groups in total. The fourth-order valence-corrected chi connectivity index (χ4v) is 6.08. The number of carboxylic acids is 1. The molecule has 21 heteroatoms. The minimum absolute atomic E-state index is 0.0832. The van der Waals surface area contributed by atoms with Crippen molar-refractivity contribution in [2.75, 3.05) is 47.5 Å². The van der Waals surface area contributed by atoms with Crippen LogP contribution in [-0.2, 0) is 44.8 Å². The number of hydrogen-bond acceptors (Lipinski definition) is 13. The molecule has 318 valence electrons. The molecule has 1 heterocycles. The molecule has 57 heavy (non-hydrogen) atoms. The Bertz CT molecular complexity index is 1540. The molecule has 1 fully saturated rings. The average Bonchev–Trinajstić information content (AvgIpc) is 3.17. The van der Waals surface area contributed by atoms with Crippen LogP contribution in [0.5, 0.6) is 0 Å².